The number of nitrogens with one attached hydrogen (secondary N) is 1. The van der Waals surface area contributed by atoms with Crippen molar-refractivity contribution in [1.29, 1.82) is 0 Å². The van der Waals surface area contributed by atoms with Crippen LogP contribution in [0.4, 0.5) is 4.79 Å². The van der Waals surface area contributed by atoms with E-state index in [4.69, 9.17) is 14.9 Å². The topological polar surface area (TPSA) is 182 Å². The van der Waals surface area contributed by atoms with E-state index in [0.29, 0.717) is 30.7 Å². The Morgan fingerprint density at radius 2 is 1.65 bits per heavy atom. The number of amides is 2. The zero-order valence-corrected chi connectivity index (χ0v) is 29.8. The Morgan fingerprint density at radius 3 is 2.35 bits per heavy atom. The molecule has 3 heterocycles. The van der Waals surface area contributed by atoms with Crippen molar-refractivity contribution in [2.24, 2.45) is 11.7 Å². The Morgan fingerprint density at radius 1 is 0.962 bits per heavy atom. The van der Waals surface area contributed by atoms with Crippen molar-refractivity contribution in [1.82, 2.24) is 19.5 Å². The molecule has 2 aliphatic rings. The third kappa shape index (κ3) is 8.75. The van der Waals surface area contributed by atoms with Gasteiger partial charge in [0.2, 0.25) is 21.7 Å². The van der Waals surface area contributed by atoms with E-state index in [9.17, 15) is 27.6 Å². The highest BCUT2D eigenvalue weighted by molar-refractivity contribution is 7.89. The maximum atomic E-state index is 14.3. The van der Waals surface area contributed by atoms with Gasteiger partial charge in [-0.2, -0.15) is 0 Å². The highest BCUT2D eigenvalue weighted by Crippen LogP contribution is 2.28. The van der Waals surface area contributed by atoms with Gasteiger partial charge < -0.3 is 24.7 Å². The lowest BCUT2D eigenvalue weighted by Gasteiger charge is -2.27. The second-order valence-electron chi connectivity index (χ2n) is 13.4. The Kier molecular flexibility index (Phi) is 11.5. The van der Waals surface area contributed by atoms with Crippen molar-refractivity contribution in [2.45, 2.75) is 69.0 Å². The molecule has 13 nitrogen and oxygen atoms in total. The standard InChI is InChI=1S/C38H43N5O8S/c1-25-9-15-30(16-10-25)52(48,49)40-23-35(45)43-24-29(50-38(47)42-17-5-2-6-18-42)21-32(43)33(44)20-28(19-26-11-13-27(22-39)14-12-26)36(46)37-41-31-7-3-4-8-34(31)51-37/h3-4,7-16,28-29,32,40H,2,5-6,17-24,39H2,1H3/t28-,29-,32+/m1/s1. The summed E-state index contributed by atoms with van der Waals surface area (Å²) in [5.74, 6) is -2.60. The van der Waals surface area contributed by atoms with E-state index in [-0.39, 0.29) is 36.6 Å². The minimum atomic E-state index is -4.04. The van der Waals surface area contributed by atoms with Gasteiger partial charge >= 0.3 is 6.09 Å². The van der Waals surface area contributed by atoms with E-state index in [0.717, 1.165) is 36.0 Å². The number of carbonyl (C=O) groups is 4. The van der Waals surface area contributed by atoms with Gasteiger partial charge in [-0.1, -0.05) is 54.1 Å². The summed E-state index contributed by atoms with van der Waals surface area (Å²) in [6, 6.07) is 19.5. The number of aryl methyl sites for hydroxylation is 1. The van der Waals surface area contributed by atoms with Gasteiger partial charge in [0.05, 0.1) is 24.0 Å². The number of oxazole rings is 1. The number of ether oxygens (including phenoxy) is 1. The SMILES string of the molecule is Cc1ccc(S(=O)(=O)NCC(=O)N2C[C@H](OC(=O)N3CCCCC3)C[C@H]2C(=O)C[C@@H](Cc2ccc(CN)cc2)C(=O)c2nc3ccccc3o2)cc1. The second-order valence-corrected chi connectivity index (χ2v) is 15.2. The number of fused-ring (bicyclic) bond motifs is 1. The average molecular weight is 730 g/mol. The first-order valence-corrected chi connectivity index (χ1v) is 19.0. The minimum absolute atomic E-state index is 0.00383. The fourth-order valence-corrected chi connectivity index (χ4v) is 7.68. The van der Waals surface area contributed by atoms with E-state index in [1.54, 1.807) is 41.3 Å². The average Bonchev–Trinajstić information content (AvgIpc) is 3.79. The maximum absolute atomic E-state index is 14.3. The lowest BCUT2D eigenvalue weighted by Crippen LogP contribution is -2.46. The molecule has 14 heteroatoms. The molecule has 0 bridgehead atoms. The van der Waals surface area contributed by atoms with Crippen LogP contribution in [0.15, 0.2) is 82.1 Å². The Bertz CT molecular complexity index is 1990. The predicted molar refractivity (Wildman–Crippen MR) is 192 cm³/mol. The summed E-state index contributed by atoms with van der Waals surface area (Å²) < 4.78 is 40.0. The Hall–Kier alpha value is -4.92. The third-order valence-corrected chi connectivity index (χ3v) is 11.1. The van der Waals surface area contributed by atoms with Crippen molar-refractivity contribution >= 4 is 44.7 Å². The molecule has 0 spiro atoms. The normalized spacial score (nSPS) is 18.3. The molecule has 6 rings (SSSR count). The summed E-state index contributed by atoms with van der Waals surface area (Å²) in [6.07, 6.45) is 1.32. The first-order valence-electron chi connectivity index (χ1n) is 17.5. The van der Waals surface area contributed by atoms with Gasteiger partial charge in [-0.3, -0.25) is 14.4 Å². The molecule has 52 heavy (non-hydrogen) atoms. The molecule has 3 aromatic carbocycles. The molecule has 0 aliphatic carbocycles. The first-order chi connectivity index (χ1) is 25.0. The zero-order valence-electron chi connectivity index (χ0n) is 29.0. The van der Waals surface area contributed by atoms with Gasteiger partial charge in [0.15, 0.2) is 11.4 Å². The number of rotatable bonds is 13. The summed E-state index contributed by atoms with van der Waals surface area (Å²) in [5.41, 5.74) is 9.28. The number of nitrogens with zero attached hydrogens (tertiary/aromatic N) is 3. The summed E-state index contributed by atoms with van der Waals surface area (Å²) >= 11 is 0. The number of nitrogens with two attached hydrogens (primary N) is 1. The van der Waals surface area contributed by atoms with Gasteiger partial charge in [0.25, 0.3) is 5.89 Å². The molecule has 0 radical (unpaired) electrons. The minimum Gasteiger partial charge on any atom is -0.444 e. The smallest absolute Gasteiger partial charge is 0.410 e. The van der Waals surface area contributed by atoms with Crippen molar-refractivity contribution in [3.8, 4) is 0 Å². The lowest BCUT2D eigenvalue weighted by atomic mass is 9.88. The van der Waals surface area contributed by atoms with Crippen LogP contribution in [-0.4, -0.2) is 85.1 Å². The molecule has 2 saturated heterocycles. The fraction of sp³-hybridized carbons (Fsp3) is 0.395. The molecule has 0 unspecified atom stereocenters. The number of aromatic nitrogens is 1. The number of sulfonamides is 1. The van der Waals surface area contributed by atoms with Crippen molar-refractivity contribution in [3.63, 3.8) is 0 Å². The van der Waals surface area contributed by atoms with Gasteiger partial charge in [-0.15, -0.1) is 0 Å². The van der Waals surface area contributed by atoms with Crippen LogP contribution in [0.2, 0.25) is 0 Å². The number of para-hydroxylation sites is 2. The lowest BCUT2D eigenvalue weighted by molar-refractivity contribution is -0.137. The number of Topliss-reactive ketones (excluding diaryl/α,β-unsaturated/α-hetero) is 2. The van der Waals surface area contributed by atoms with Crippen LogP contribution < -0.4 is 10.5 Å². The monoisotopic (exact) mass is 729 g/mol. The van der Waals surface area contributed by atoms with Gasteiger partial charge in [0, 0.05) is 38.4 Å². The summed E-state index contributed by atoms with van der Waals surface area (Å²) in [6.45, 7) is 2.57. The number of likely N-dealkylation sites (tertiary alicyclic amines) is 2. The number of ketones is 2. The zero-order chi connectivity index (χ0) is 36.8. The van der Waals surface area contributed by atoms with Gasteiger partial charge in [-0.05, 0) is 68.0 Å². The molecule has 274 valence electrons. The Labute approximate surface area is 302 Å². The molecular formula is C38H43N5O8S. The van der Waals surface area contributed by atoms with Crippen LogP contribution in [0.3, 0.4) is 0 Å². The summed E-state index contributed by atoms with van der Waals surface area (Å²) in [4.78, 5) is 62.3. The summed E-state index contributed by atoms with van der Waals surface area (Å²) in [5, 5.41) is 0. The van der Waals surface area contributed by atoms with E-state index < -0.39 is 58.2 Å². The molecule has 0 saturated carbocycles. The fourth-order valence-electron chi connectivity index (χ4n) is 6.70. The predicted octanol–water partition coefficient (Wildman–Crippen LogP) is 4.17. The van der Waals surface area contributed by atoms with Crippen LogP contribution in [-0.2, 0) is 37.3 Å². The van der Waals surface area contributed by atoms with E-state index in [1.165, 1.54) is 17.0 Å². The van der Waals surface area contributed by atoms with E-state index in [2.05, 4.69) is 9.71 Å². The second kappa shape index (κ2) is 16.2. The molecule has 3 atom stereocenters. The van der Waals surface area contributed by atoms with Crippen LogP contribution in [0, 0.1) is 12.8 Å². The first kappa shape index (κ1) is 36.9. The highest BCUT2D eigenvalue weighted by Gasteiger charge is 2.43. The molecular weight excluding hydrogens is 687 g/mol. The van der Waals surface area contributed by atoms with Crippen LogP contribution >= 0.6 is 0 Å². The molecule has 2 aliphatic heterocycles. The molecule has 4 aromatic rings. The Balaban J connectivity index is 1.23. The number of benzene rings is 3. The van der Waals surface area contributed by atoms with Crippen LogP contribution in [0.1, 0.15) is 59.5 Å². The molecule has 2 amide bonds. The highest BCUT2D eigenvalue weighted by atomic mass is 32.2. The number of hydrogen-bond donors (Lipinski definition) is 2. The quantitative estimate of drug-likeness (QED) is 0.190. The number of hydrogen-bond acceptors (Lipinski definition) is 10. The van der Waals surface area contributed by atoms with Crippen LogP contribution in [0.5, 0.6) is 0 Å². The summed E-state index contributed by atoms with van der Waals surface area (Å²) in [7, 11) is -4.04. The molecule has 1 aromatic heterocycles. The van der Waals surface area contributed by atoms with Crippen molar-refractivity contribution < 1.29 is 36.7 Å². The van der Waals surface area contributed by atoms with Crippen molar-refractivity contribution in [3.05, 3.63) is 95.4 Å². The van der Waals surface area contributed by atoms with Gasteiger partial charge in [-0.25, -0.2) is 22.9 Å². The van der Waals surface area contributed by atoms with E-state index in [1.807, 2.05) is 31.2 Å². The van der Waals surface area contributed by atoms with E-state index >= 15 is 0 Å². The van der Waals surface area contributed by atoms with Crippen LogP contribution in [0.25, 0.3) is 11.1 Å². The van der Waals surface area contributed by atoms with Crippen molar-refractivity contribution in [2.75, 3.05) is 26.2 Å². The largest absolute Gasteiger partial charge is 0.444 e. The number of carbonyl (C=O) groups excluding carboxylic acids is 4. The third-order valence-electron chi connectivity index (χ3n) is 9.64. The maximum Gasteiger partial charge on any atom is 0.410 e. The molecule has 3 N–H and O–H groups in total. The van der Waals surface area contributed by atoms with Gasteiger partial charge in [0.1, 0.15) is 11.6 Å². The number of piperidine rings is 1. The molecule has 2 fully saturated rings.